The molecule has 68 valence electrons. The first kappa shape index (κ1) is 8.63. The molecule has 0 bridgehead atoms. The predicted octanol–water partition coefficient (Wildman–Crippen LogP) is 3.39. The highest BCUT2D eigenvalue weighted by atomic mass is 32.1. The lowest BCUT2D eigenvalue weighted by Gasteiger charge is -1.87. The molecule has 0 aliphatic carbocycles. The maximum atomic E-state index is 13.2. The first-order valence-corrected chi connectivity index (χ1v) is 5.17. The quantitative estimate of drug-likeness (QED) is 0.715. The Morgan fingerprint density at radius 1 is 1.46 bits per heavy atom. The van der Waals surface area contributed by atoms with Gasteiger partial charge < -0.3 is 0 Å². The van der Waals surface area contributed by atoms with Crippen LogP contribution < -0.4 is 0 Å². The van der Waals surface area contributed by atoms with E-state index in [-0.39, 0.29) is 5.82 Å². The van der Waals surface area contributed by atoms with Crippen LogP contribution in [0, 0.1) is 5.82 Å². The minimum Gasteiger partial charge on any atom is -0.238 e. The molecule has 0 unspecified atom stereocenters. The molecule has 0 radical (unpaired) electrons. The van der Waals surface area contributed by atoms with Crippen molar-refractivity contribution in [3.05, 3.63) is 29.0 Å². The van der Waals surface area contributed by atoms with E-state index in [4.69, 9.17) is 0 Å². The smallest absolute Gasteiger partial charge is 0.150 e. The van der Waals surface area contributed by atoms with Crippen LogP contribution in [0.25, 0.3) is 10.2 Å². The second-order valence-electron chi connectivity index (χ2n) is 2.94. The number of aryl methyl sites for hydroxylation is 1. The molecule has 1 heterocycles. The van der Waals surface area contributed by atoms with Crippen molar-refractivity contribution in [2.45, 2.75) is 19.8 Å². The molecule has 3 heteroatoms. The van der Waals surface area contributed by atoms with Gasteiger partial charge in [-0.3, -0.25) is 0 Å². The van der Waals surface area contributed by atoms with E-state index in [1.807, 2.05) is 6.07 Å². The number of fused-ring (bicyclic) bond motifs is 1. The van der Waals surface area contributed by atoms with Crippen molar-refractivity contribution in [3.63, 3.8) is 0 Å². The van der Waals surface area contributed by atoms with Crippen LogP contribution in [0.4, 0.5) is 4.39 Å². The van der Waals surface area contributed by atoms with E-state index < -0.39 is 0 Å². The van der Waals surface area contributed by atoms with Crippen molar-refractivity contribution in [2.24, 2.45) is 0 Å². The van der Waals surface area contributed by atoms with Gasteiger partial charge in [0.2, 0.25) is 0 Å². The minimum atomic E-state index is -0.212. The van der Waals surface area contributed by atoms with Gasteiger partial charge in [-0.05, 0) is 25.0 Å². The fourth-order valence-electron chi connectivity index (χ4n) is 1.28. The lowest BCUT2D eigenvalue weighted by molar-refractivity contribution is 0.637. The highest BCUT2D eigenvalue weighted by Gasteiger charge is 2.06. The summed E-state index contributed by atoms with van der Waals surface area (Å²) in [5, 5.41) is 1.03. The molecule has 2 rings (SSSR count). The first-order valence-electron chi connectivity index (χ1n) is 4.35. The Morgan fingerprint density at radius 2 is 2.31 bits per heavy atom. The molecule has 0 amide bonds. The first-order chi connectivity index (χ1) is 6.31. The summed E-state index contributed by atoms with van der Waals surface area (Å²) in [4.78, 5) is 4.25. The average Bonchev–Trinajstić information content (AvgIpc) is 2.49. The summed E-state index contributed by atoms with van der Waals surface area (Å²) >= 11 is 1.58. The van der Waals surface area contributed by atoms with Crippen molar-refractivity contribution < 1.29 is 4.39 Å². The maximum Gasteiger partial charge on any atom is 0.150 e. The summed E-state index contributed by atoms with van der Waals surface area (Å²) in [6, 6.07) is 5.10. The highest BCUT2D eigenvalue weighted by Crippen LogP contribution is 2.24. The summed E-state index contributed by atoms with van der Waals surface area (Å²) in [7, 11) is 0. The molecular formula is C10H10FNS. The molecule has 1 aromatic carbocycles. The van der Waals surface area contributed by atoms with Crippen LogP contribution in [0.2, 0.25) is 0 Å². The third-order valence-corrected chi connectivity index (χ3v) is 2.96. The third-order valence-electron chi connectivity index (χ3n) is 1.88. The molecule has 0 N–H and O–H groups in total. The number of nitrogens with zero attached hydrogens (tertiary/aromatic N) is 1. The Balaban J connectivity index is 2.55. The SMILES string of the molecule is CCCc1nc2c(F)cccc2s1. The standard InChI is InChI=1S/C10H10FNS/c1-2-4-9-12-10-7(11)5-3-6-8(10)13-9/h3,5-6H,2,4H2,1H3. The number of aromatic nitrogens is 1. The Labute approximate surface area is 80.2 Å². The number of hydrogen-bond donors (Lipinski definition) is 0. The van der Waals surface area contributed by atoms with Crippen molar-refractivity contribution in [2.75, 3.05) is 0 Å². The van der Waals surface area contributed by atoms with E-state index in [0.29, 0.717) is 5.52 Å². The van der Waals surface area contributed by atoms with Crippen LogP contribution in [0.15, 0.2) is 18.2 Å². The molecule has 0 aliphatic rings. The van der Waals surface area contributed by atoms with E-state index in [2.05, 4.69) is 11.9 Å². The molecule has 13 heavy (non-hydrogen) atoms. The molecule has 0 aliphatic heterocycles. The molecular weight excluding hydrogens is 185 g/mol. The molecule has 0 saturated carbocycles. The zero-order chi connectivity index (χ0) is 9.26. The normalized spacial score (nSPS) is 10.9. The summed E-state index contributed by atoms with van der Waals surface area (Å²) < 4.78 is 14.1. The zero-order valence-electron chi connectivity index (χ0n) is 7.38. The second kappa shape index (κ2) is 3.42. The fourth-order valence-corrected chi connectivity index (χ4v) is 2.37. The molecule has 1 nitrogen and oxygen atoms in total. The topological polar surface area (TPSA) is 12.9 Å². The summed E-state index contributed by atoms with van der Waals surface area (Å²) in [6.07, 6.45) is 2.00. The van der Waals surface area contributed by atoms with Crippen molar-refractivity contribution in [1.29, 1.82) is 0 Å². The van der Waals surface area contributed by atoms with Crippen LogP contribution in [-0.4, -0.2) is 4.98 Å². The van der Waals surface area contributed by atoms with Gasteiger partial charge in [-0.25, -0.2) is 9.37 Å². The largest absolute Gasteiger partial charge is 0.238 e. The summed E-state index contributed by atoms with van der Waals surface area (Å²) in [5.41, 5.74) is 0.524. The van der Waals surface area contributed by atoms with Gasteiger partial charge in [0, 0.05) is 0 Å². The highest BCUT2D eigenvalue weighted by molar-refractivity contribution is 7.18. The Morgan fingerprint density at radius 3 is 3.00 bits per heavy atom. The minimum absolute atomic E-state index is 0.212. The van der Waals surface area contributed by atoms with Gasteiger partial charge in [0.1, 0.15) is 11.3 Å². The lowest BCUT2D eigenvalue weighted by atomic mass is 10.3. The average molecular weight is 195 g/mol. The number of thiazole rings is 1. The van der Waals surface area contributed by atoms with Gasteiger partial charge in [-0.2, -0.15) is 0 Å². The van der Waals surface area contributed by atoms with E-state index in [9.17, 15) is 4.39 Å². The Bertz CT molecular complexity index is 422. The van der Waals surface area contributed by atoms with E-state index >= 15 is 0 Å². The number of benzene rings is 1. The monoisotopic (exact) mass is 195 g/mol. The maximum absolute atomic E-state index is 13.2. The van der Waals surface area contributed by atoms with Crippen LogP contribution in [0.1, 0.15) is 18.4 Å². The van der Waals surface area contributed by atoms with Gasteiger partial charge in [0.25, 0.3) is 0 Å². The van der Waals surface area contributed by atoms with E-state index in [1.54, 1.807) is 17.4 Å². The fraction of sp³-hybridized carbons (Fsp3) is 0.300. The van der Waals surface area contributed by atoms with Gasteiger partial charge in [-0.1, -0.05) is 13.0 Å². The van der Waals surface area contributed by atoms with Crippen LogP contribution in [0.5, 0.6) is 0 Å². The number of rotatable bonds is 2. The Kier molecular flexibility index (Phi) is 2.27. The van der Waals surface area contributed by atoms with Gasteiger partial charge in [0.15, 0.2) is 0 Å². The molecule has 0 atom stereocenters. The predicted molar refractivity (Wildman–Crippen MR) is 53.6 cm³/mol. The van der Waals surface area contributed by atoms with Gasteiger partial charge in [-0.15, -0.1) is 11.3 Å². The van der Waals surface area contributed by atoms with Crippen molar-refractivity contribution in [1.82, 2.24) is 4.98 Å². The lowest BCUT2D eigenvalue weighted by Crippen LogP contribution is -1.80. The van der Waals surface area contributed by atoms with Crippen LogP contribution in [0.3, 0.4) is 0 Å². The van der Waals surface area contributed by atoms with Crippen molar-refractivity contribution in [3.8, 4) is 0 Å². The zero-order valence-corrected chi connectivity index (χ0v) is 8.20. The van der Waals surface area contributed by atoms with Crippen molar-refractivity contribution >= 4 is 21.6 Å². The van der Waals surface area contributed by atoms with Gasteiger partial charge >= 0.3 is 0 Å². The van der Waals surface area contributed by atoms with Crippen LogP contribution >= 0.6 is 11.3 Å². The third kappa shape index (κ3) is 1.56. The molecule has 0 saturated heterocycles. The van der Waals surface area contributed by atoms with Gasteiger partial charge in [0.05, 0.1) is 9.71 Å². The second-order valence-corrected chi connectivity index (χ2v) is 4.06. The number of halogens is 1. The molecule has 1 aromatic heterocycles. The molecule has 0 spiro atoms. The number of para-hydroxylation sites is 1. The summed E-state index contributed by atoms with van der Waals surface area (Å²) in [6.45, 7) is 2.10. The van der Waals surface area contributed by atoms with E-state index in [0.717, 1.165) is 22.5 Å². The van der Waals surface area contributed by atoms with Crippen LogP contribution in [-0.2, 0) is 6.42 Å². The molecule has 2 aromatic rings. The summed E-state index contributed by atoms with van der Waals surface area (Å²) in [5.74, 6) is -0.212. The molecule has 0 fully saturated rings. The Hall–Kier alpha value is -0.960. The number of hydrogen-bond acceptors (Lipinski definition) is 2. The van der Waals surface area contributed by atoms with E-state index in [1.165, 1.54) is 6.07 Å².